The molecule has 36 heavy (non-hydrogen) atoms. The van der Waals surface area contributed by atoms with Crippen molar-refractivity contribution in [1.29, 1.82) is 0 Å². The Hall–Kier alpha value is -3.43. The third-order valence-corrected chi connectivity index (χ3v) is 7.10. The average molecular weight is 564 g/mol. The number of H-pyrrole nitrogens is 1. The number of carbonyl (C=O) groups is 1. The Bertz CT molecular complexity index is 1490. The first-order valence-electron chi connectivity index (χ1n) is 11.5. The molecule has 5 rings (SSSR count). The van der Waals surface area contributed by atoms with Crippen molar-refractivity contribution in [3.8, 4) is 17.0 Å². The number of nitrogens with zero attached hydrogens (tertiary/aromatic N) is 3. The molecule has 0 spiro atoms. The number of amides is 1. The minimum Gasteiger partial charge on any atom is -0.488 e. The molecule has 7 nitrogen and oxygen atoms in total. The van der Waals surface area contributed by atoms with E-state index in [4.69, 9.17) is 9.84 Å². The standard InChI is InChI=1S/C27H23BrN4O3S/c1-3-36-27-29-25(34)24-20-11-7-8-12-22(20)31(17(2)33)26(32(24)30-27)21-15-19(28)13-14-23(21)35-16-18-9-5-4-6-10-18/h4-15,26H,3,16H2,1-2H3/p+1/t26-/m0/s1. The fraction of sp³-hybridized carbons (Fsp3) is 0.185. The van der Waals surface area contributed by atoms with E-state index in [1.165, 1.54) is 18.7 Å². The summed E-state index contributed by atoms with van der Waals surface area (Å²) in [4.78, 5) is 31.1. The van der Waals surface area contributed by atoms with Gasteiger partial charge < -0.3 is 4.74 Å². The second-order valence-corrected chi connectivity index (χ2v) is 10.4. The Morgan fingerprint density at radius 3 is 2.64 bits per heavy atom. The van der Waals surface area contributed by atoms with Gasteiger partial charge in [0.15, 0.2) is 0 Å². The Labute approximate surface area is 221 Å². The van der Waals surface area contributed by atoms with E-state index < -0.39 is 6.17 Å². The molecule has 182 valence electrons. The smallest absolute Gasteiger partial charge is 0.325 e. The lowest BCUT2D eigenvalue weighted by molar-refractivity contribution is -0.763. The van der Waals surface area contributed by atoms with E-state index in [2.05, 4.69) is 20.9 Å². The number of aromatic amines is 1. The van der Waals surface area contributed by atoms with Gasteiger partial charge in [-0.2, -0.15) is 0 Å². The van der Waals surface area contributed by atoms with Gasteiger partial charge in [-0.3, -0.25) is 14.6 Å². The molecular formula is C27H24BrN4O3S+. The van der Waals surface area contributed by atoms with Gasteiger partial charge in [-0.1, -0.05) is 77.1 Å². The summed E-state index contributed by atoms with van der Waals surface area (Å²) in [5.41, 5.74) is 3.15. The van der Waals surface area contributed by atoms with Crippen molar-refractivity contribution in [2.75, 3.05) is 10.7 Å². The van der Waals surface area contributed by atoms with Crippen molar-refractivity contribution in [3.05, 3.63) is 98.7 Å². The molecule has 2 heterocycles. The van der Waals surface area contributed by atoms with Crippen LogP contribution in [0.4, 0.5) is 5.69 Å². The Morgan fingerprint density at radius 2 is 1.89 bits per heavy atom. The molecule has 0 saturated heterocycles. The van der Waals surface area contributed by atoms with Gasteiger partial charge in [0.25, 0.3) is 6.17 Å². The average Bonchev–Trinajstić information content (AvgIpc) is 2.87. The Balaban J connectivity index is 1.73. The molecule has 0 radical (unpaired) electrons. The highest BCUT2D eigenvalue weighted by Gasteiger charge is 2.46. The van der Waals surface area contributed by atoms with Crippen LogP contribution in [0.25, 0.3) is 11.3 Å². The monoisotopic (exact) mass is 563 g/mol. The molecule has 1 N–H and O–H groups in total. The molecule has 9 heteroatoms. The highest BCUT2D eigenvalue weighted by Crippen LogP contribution is 2.40. The minimum absolute atomic E-state index is 0.175. The molecular weight excluding hydrogens is 540 g/mol. The summed E-state index contributed by atoms with van der Waals surface area (Å²) in [6, 6.07) is 23.0. The number of hydrogen-bond acceptors (Lipinski definition) is 5. The van der Waals surface area contributed by atoms with Gasteiger partial charge in [-0.15, -0.1) is 0 Å². The number of rotatable bonds is 6. The molecule has 0 aliphatic carbocycles. The number of fused-ring (bicyclic) bond motifs is 3. The summed E-state index contributed by atoms with van der Waals surface area (Å²) in [6.45, 7) is 3.87. The predicted molar refractivity (Wildman–Crippen MR) is 143 cm³/mol. The highest BCUT2D eigenvalue weighted by atomic mass is 79.9. The number of anilines is 1. The first kappa shape index (κ1) is 24.3. The van der Waals surface area contributed by atoms with Gasteiger partial charge in [0.2, 0.25) is 11.1 Å². The molecule has 0 saturated carbocycles. The van der Waals surface area contributed by atoms with Crippen LogP contribution in [0.2, 0.25) is 0 Å². The van der Waals surface area contributed by atoms with Gasteiger partial charge in [-0.05, 0) is 46.3 Å². The second-order valence-electron chi connectivity index (χ2n) is 8.22. The summed E-state index contributed by atoms with van der Waals surface area (Å²) in [5, 5.41) is 5.29. The quantitative estimate of drug-likeness (QED) is 0.261. The number of nitrogens with one attached hydrogen (secondary N) is 1. The zero-order chi connectivity index (χ0) is 25.2. The summed E-state index contributed by atoms with van der Waals surface area (Å²) in [7, 11) is 0. The van der Waals surface area contributed by atoms with Gasteiger partial charge >= 0.3 is 11.3 Å². The lowest BCUT2D eigenvalue weighted by atomic mass is 10.0. The molecule has 3 aromatic carbocycles. The van der Waals surface area contributed by atoms with Crippen LogP contribution in [-0.4, -0.2) is 21.7 Å². The molecule has 1 aromatic heterocycles. The largest absolute Gasteiger partial charge is 0.488 e. The number of hydrogen-bond donors (Lipinski definition) is 1. The van der Waals surface area contributed by atoms with E-state index in [0.717, 1.165) is 15.8 Å². The number of carbonyl (C=O) groups excluding carboxylic acids is 1. The first-order chi connectivity index (χ1) is 17.5. The molecule has 0 fully saturated rings. The maximum absolute atomic E-state index is 13.4. The highest BCUT2D eigenvalue weighted by molar-refractivity contribution is 9.10. The maximum atomic E-state index is 13.4. The second kappa shape index (κ2) is 10.3. The summed E-state index contributed by atoms with van der Waals surface area (Å²) >= 11 is 5.01. The first-order valence-corrected chi connectivity index (χ1v) is 13.3. The SMILES string of the molecule is CCSc1n[n+]2c(c(=O)[nH]1)-c1ccccc1N(C(C)=O)[C@@H]2c1cc(Br)ccc1OCc1ccccc1. The van der Waals surface area contributed by atoms with Crippen LogP contribution < -0.4 is 19.9 Å². The van der Waals surface area contributed by atoms with Gasteiger partial charge in [0, 0.05) is 16.5 Å². The number of para-hydroxylation sites is 1. The summed E-state index contributed by atoms with van der Waals surface area (Å²) < 4.78 is 8.75. The van der Waals surface area contributed by atoms with Crippen LogP contribution in [0.1, 0.15) is 31.1 Å². The number of benzene rings is 3. The summed E-state index contributed by atoms with van der Waals surface area (Å²) in [5.74, 6) is 1.16. The fourth-order valence-electron chi connectivity index (χ4n) is 4.38. The molecule has 0 unspecified atom stereocenters. The maximum Gasteiger partial charge on any atom is 0.325 e. The van der Waals surface area contributed by atoms with Crippen molar-refractivity contribution in [2.24, 2.45) is 0 Å². The normalized spacial score (nSPS) is 14.2. The van der Waals surface area contributed by atoms with Crippen LogP contribution in [0, 0.1) is 0 Å². The third-order valence-electron chi connectivity index (χ3n) is 5.87. The van der Waals surface area contributed by atoms with Gasteiger partial charge in [0.1, 0.15) is 12.4 Å². The lowest BCUT2D eigenvalue weighted by Gasteiger charge is -2.32. The van der Waals surface area contributed by atoms with E-state index in [-0.39, 0.29) is 11.5 Å². The predicted octanol–water partition coefficient (Wildman–Crippen LogP) is 5.09. The van der Waals surface area contributed by atoms with Crippen molar-refractivity contribution >= 4 is 39.3 Å². The van der Waals surface area contributed by atoms with E-state index in [0.29, 0.717) is 40.0 Å². The van der Waals surface area contributed by atoms with E-state index in [1.54, 1.807) is 9.58 Å². The number of aromatic nitrogens is 3. The van der Waals surface area contributed by atoms with Crippen LogP contribution in [0.15, 0.2) is 87.2 Å². The lowest BCUT2D eigenvalue weighted by Crippen LogP contribution is -2.60. The zero-order valence-corrected chi connectivity index (χ0v) is 22.2. The Morgan fingerprint density at radius 1 is 1.14 bits per heavy atom. The van der Waals surface area contributed by atoms with Gasteiger partial charge in [0.05, 0.1) is 16.8 Å². The molecule has 1 aliphatic rings. The molecule has 0 bridgehead atoms. The Kier molecular flexibility index (Phi) is 6.93. The van der Waals surface area contributed by atoms with Crippen molar-refractivity contribution in [3.63, 3.8) is 0 Å². The van der Waals surface area contributed by atoms with E-state index in [1.807, 2.05) is 79.7 Å². The zero-order valence-electron chi connectivity index (χ0n) is 19.8. The number of ether oxygens (including phenoxy) is 1. The van der Waals surface area contributed by atoms with Crippen LogP contribution in [0.5, 0.6) is 5.75 Å². The van der Waals surface area contributed by atoms with Crippen LogP contribution >= 0.6 is 27.7 Å². The minimum atomic E-state index is -0.728. The number of halogens is 1. The van der Waals surface area contributed by atoms with Crippen molar-refractivity contribution < 1.29 is 14.2 Å². The molecule has 1 aliphatic heterocycles. The van der Waals surface area contributed by atoms with Crippen LogP contribution in [-0.2, 0) is 11.4 Å². The van der Waals surface area contributed by atoms with Gasteiger partial charge in [-0.25, -0.2) is 4.90 Å². The van der Waals surface area contributed by atoms with Crippen molar-refractivity contribution in [1.82, 2.24) is 10.1 Å². The van der Waals surface area contributed by atoms with E-state index >= 15 is 0 Å². The molecule has 4 aromatic rings. The summed E-state index contributed by atoms with van der Waals surface area (Å²) in [6.07, 6.45) is -0.728. The fourth-order valence-corrected chi connectivity index (χ4v) is 5.35. The van der Waals surface area contributed by atoms with Crippen molar-refractivity contribution in [2.45, 2.75) is 31.8 Å². The topological polar surface area (TPSA) is 79.2 Å². The molecule has 1 amide bonds. The van der Waals surface area contributed by atoms with Crippen LogP contribution in [0.3, 0.4) is 0 Å². The van der Waals surface area contributed by atoms with E-state index in [9.17, 15) is 9.59 Å². The molecule has 1 atom stereocenters. The third kappa shape index (κ3) is 4.56. The number of thioether (sulfide) groups is 1.